The summed E-state index contributed by atoms with van der Waals surface area (Å²) in [6.07, 6.45) is 0.877. The van der Waals surface area contributed by atoms with E-state index in [0.29, 0.717) is 19.6 Å². The van der Waals surface area contributed by atoms with Gasteiger partial charge in [-0.05, 0) is 25.0 Å². The van der Waals surface area contributed by atoms with E-state index in [4.69, 9.17) is 5.73 Å². The predicted molar refractivity (Wildman–Crippen MR) is 66.5 cm³/mol. The molecule has 88 valence electrons. The highest BCUT2D eigenvalue weighted by molar-refractivity contribution is 5.95. The Bertz CT molecular complexity index is 350. The molecule has 0 aliphatic carbocycles. The second-order valence-electron chi connectivity index (χ2n) is 3.68. The summed E-state index contributed by atoms with van der Waals surface area (Å²) in [7, 11) is 0. The van der Waals surface area contributed by atoms with Crippen LogP contribution in [0.3, 0.4) is 0 Å². The molecule has 2 N–H and O–H groups in total. The summed E-state index contributed by atoms with van der Waals surface area (Å²) in [5, 5.41) is 0. The molecular formula is C13H20N2O. The molecule has 0 spiro atoms. The Hall–Kier alpha value is -1.35. The molecule has 0 atom stereocenters. The number of hydrogen-bond donors (Lipinski definition) is 1. The zero-order valence-electron chi connectivity index (χ0n) is 10.1. The molecule has 1 amide bonds. The molecule has 0 heterocycles. The van der Waals surface area contributed by atoms with Crippen molar-refractivity contribution in [2.45, 2.75) is 20.3 Å². The fourth-order valence-electron chi connectivity index (χ4n) is 1.77. The van der Waals surface area contributed by atoms with E-state index in [9.17, 15) is 4.79 Å². The van der Waals surface area contributed by atoms with Crippen LogP contribution < -0.4 is 5.73 Å². The number of hydrogen-bond acceptors (Lipinski definition) is 2. The average molecular weight is 220 g/mol. The Labute approximate surface area is 97.2 Å². The molecule has 0 saturated carbocycles. The van der Waals surface area contributed by atoms with Crippen molar-refractivity contribution in [2.75, 3.05) is 19.6 Å². The molecule has 1 aromatic rings. The minimum absolute atomic E-state index is 0.0883. The number of carbonyl (C=O) groups excluding carboxylic acids is 1. The molecule has 16 heavy (non-hydrogen) atoms. The largest absolute Gasteiger partial charge is 0.338 e. The molecule has 0 aliphatic heterocycles. The highest BCUT2D eigenvalue weighted by Crippen LogP contribution is 2.12. The molecule has 1 aromatic carbocycles. The van der Waals surface area contributed by atoms with Gasteiger partial charge in [0.2, 0.25) is 0 Å². The van der Waals surface area contributed by atoms with E-state index >= 15 is 0 Å². The number of nitrogens with two attached hydrogens (primary N) is 1. The van der Waals surface area contributed by atoms with Crippen molar-refractivity contribution >= 4 is 5.91 Å². The van der Waals surface area contributed by atoms with Crippen molar-refractivity contribution in [3.05, 3.63) is 35.4 Å². The summed E-state index contributed by atoms with van der Waals surface area (Å²) in [6, 6.07) is 7.77. The Morgan fingerprint density at radius 1 is 1.31 bits per heavy atom. The standard InChI is InChI=1S/C13H20N2O/c1-3-11-7-5-6-8-12(11)13(16)15(4-2)10-9-14/h5-8H,3-4,9-10,14H2,1-2H3. The zero-order valence-corrected chi connectivity index (χ0v) is 10.1. The first-order valence-electron chi connectivity index (χ1n) is 5.81. The maximum absolute atomic E-state index is 12.2. The first-order chi connectivity index (χ1) is 7.74. The number of benzene rings is 1. The van der Waals surface area contributed by atoms with E-state index in [1.807, 2.05) is 31.2 Å². The van der Waals surface area contributed by atoms with Crippen molar-refractivity contribution in [3.63, 3.8) is 0 Å². The molecule has 0 unspecified atom stereocenters. The van der Waals surface area contributed by atoms with Crippen LogP contribution in [0, 0.1) is 0 Å². The third-order valence-corrected chi connectivity index (χ3v) is 2.70. The maximum Gasteiger partial charge on any atom is 0.254 e. The van der Waals surface area contributed by atoms with Crippen LogP contribution in [-0.4, -0.2) is 30.4 Å². The monoisotopic (exact) mass is 220 g/mol. The van der Waals surface area contributed by atoms with Gasteiger partial charge in [0.1, 0.15) is 0 Å². The quantitative estimate of drug-likeness (QED) is 0.820. The molecule has 3 heteroatoms. The summed E-state index contributed by atoms with van der Waals surface area (Å²) < 4.78 is 0. The minimum atomic E-state index is 0.0883. The van der Waals surface area contributed by atoms with Crippen molar-refractivity contribution in [1.29, 1.82) is 0 Å². The fourth-order valence-corrected chi connectivity index (χ4v) is 1.77. The van der Waals surface area contributed by atoms with Gasteiger partial charge in [-0.3, -0.25) is 4.79 Å². The van der Waals surface area contributed by atoms with Crippen LogP contribution in [0.1, 0.15) is 29.8 Å². The van der Waals surface area contributed by atoms with Crippen LogP contribution in [0.4, 0.5) is 0 Å². The van der Waals surface area contributed by atoms with E-state index in [1.165, 1.54) is 0 Å². The van der Waals surface area contributed by atoms with Gasteiger partial charge in [0.05, 0.1) is 0 Å². The molecule has 1 rings (SSSR count). The normalized spacial score (nSPS) is 10.2. The lowest BCUT2D eigenvalue weighted by Crippen LogP contribution is -2.35. The molecule has 0 aromatic heterocycles. The minimum Gasteiger partial charge on any atom is -0.338 e. The number of amides is 1. The van der Waals surface area contributed by atoms with Crippen molar-refractivity contribution < 1.29 is 4.79 Å². The van der Waals surface area contributed by atoms with Gasteiger partial charge in [0, 0.05) is 25.2 Å². The van der Waals surface area contributed by atoms with Crippen LogP contribution in [-0.2, 0) is 6.42 Å². The van der Waals surface area contributed by atoms with Gasteiger partial charge in [0.15, 0.2) is 0 Å². The summed E-state index contributed by atoms with van der Waals surface area (Å²) in [5.74, 6) is 0.0883. The van der Waals surface area contributed by atoms with Crippen molar-refractivity contribution in [1.82, 2.24) is 4.90 Å². The van der Waals surface area contributed by atoms with Crippen LogP contribution >= 0.6 is 0 Å². The summed E-state index contributed by atoms with van der Waals surface area (Å²) in [6.45, 7) is 5.86. The van der Waals surface area contributed by atoms with Crippen LogP contribution in [0.5, 0.6) is 0 Å². The van der Waals surface area contributed by atoms with Gasteiger partial charge in [0.25, 0.3) is 5.91 Å². The fraction of sp³-hybridized carbons (Fsp3) is 0.462. The smallest absolute Gasteiger partial charge is 0.254 e. The Morgan fingerprint density at radius 2 is 2.00 bits per heavy atom. The lowest BCUT2D eigenvalue weighted by atomic mass is 10.0. The van der Waals surface area contributed by atoms with E-state index in [-0.39, 0.29) is 5.91 Å². The van der Waals surface area contributed by atoms with Crippen molar-refractivity contribution in [3.8, 4) is 0 Å². The summed E-state index contributed by atoms with van der Waals surface area (Å²) >= 11 is 0. The average Bonchev–Trinajstić information content (AvgIpc) is 2.35. The van der Waals surface area contributed by atoms with Gasteiger partial charge < -0.3 is 10.6 Å². The number of carbonyl (C=O) groups is 1. The second-order valence-corrected chi connectivity index (χ2v) is 3.68. The Balaban J connectivity index is 2.93. The lowest BCUT2D eigenvalue weighted by molar-refractivity contribution is 0.0768. The first-order valence-corrected chi connectivity index (χ1v) is 5.81. The van der Waals surface area contributed by atoms with Gasteiger partial charge in [-0.25, -0.2) is 0 Å². The first kappa shape index (κ1) is 12.7. The number of aryl methyl sites for hydroxylation is 1. The molecule has 0 aliphatic rings. The van der Waals surface area contributed by atoms with Gasteiger partial charge in [-0.15, -0.1) is 0 Å². The van der Waals surface area contributed by atoms with Crippen LogP contribution in [0.25, 0.3) is 0 Å². The molecule has 0 saturated heterocycles. The van der Waals surface area contributed by atoms with E-state index in [0.717, 1.165) is 17.5 Å². The Kier molecular flexibility index (Phi) is 4.99. The topological polar surface area (TPSA) is 46.3 Å². The highest BCUT2D eigenvalue weighted by atomic mass is 16.2. The number of nitrogens with zero attached hydrogens (tertiary/aromatic N) is 1. The van der Waals surface area contributed by atoms with Crippen LogP contribution in [0.15, 0.2) is 24.3 Å². The second kappa shape index (κ2) is 6.28. The highest BCUT2D eigenvalue weighted by Gasteiger charge is 2.15. The molecule has 0 fully saturated rings. The third-order valence-electron chi connectivity index (χ3n) is 2.70. The molecule has 3 nitrogen and oxygen atoms in total. The predicted octanol–water partition coefficient (Wildman–Crippen LogP) is 1.67. The van der Waals surface area contributed by atoms with Gasteiger partial charge in [-0.1, -0.05) is 25.1 Å². The number of likely N-dealkylation sites (N-methyl/N-ethyl adjacent to an activating group) is 1. The maximum atomic E-state index is 12.2. The van der Waals surface area contributed by atoms with Crippen molar-refractivity contribution in [2.24, 2.45) is 5.73 Å². The van der Waals surface area contributed by atoms with Gasteiger partial charge >= 0.3 is 0 Å². The summed E-state index contributed by atoms with van der Waals surface area (Å²) in [5.41, 5.74) is 7.40. The van der Waals surface area contributed by atoms with E-state index < -0.39 is 0 Å². The van der Waals surface area contributed by atoms with E-state index in [1.54, 1.807) is 4.90 Å². The van der Waals surface area contributed by atoms with Gasteiger partial charge in [-0.2, -0.15) is 0 Å². The molecule has 0 bridgehead atoms. The molecular weight excluding hydrogens is 200 g/mol. The third kappa shape index (κ3) is 2.83. The van der Waals surface area contributed by atoms with Crippen LogP contribution in [0.2, 0.25) is 0 Å². The molecule has 0 radical (unpaired) electrons. The zero-order chi connectivity index (χ0) is 12.0. The SMILES string of the molecule is CCc1ccccc1C(=O)N(CC)CCN. The summed E-state index contributed by atoms with van der Waals surface area (Å²) in [4.78, 5) is 14.0. The lowest BCUT2D eigenvalue weighted by Gasteiger charge is -2.21. The van der Waals surface area contributed by atoms with E-state index in [2.05, 4.69) is 6.92 Å². The number of rotatable bonds is 5. The Morgan fingerprint density at radius 3 is 2.56 bits per heavy atom.